The van der Waals surface area contributed by atoms with Crippen molar-refractivity contribution in [1.29, 1.82) is 0 Å². The van der Waals surface area contributed by atoms with E-state index in [4.69, 9.17) is 9.47 Å². The van der Waals surface area contributed by atoms with E-state index in [9.17, 15) is 9.59 Å². The second kappa shape index (κ2) is 8.97. The Labute approximate surface area is 191 Å². The minimum Gasteiger partial charge on any atom is -0.485 e. The smallest absolute Gasteiger partial charge is 0.231 e. The lowest BCUT2D eigenvalue weighted by molar-refractivity contribution is 0.0921. The van der Waals surface area contributed by atoms with Gasteiger partial charge in [-0.25, -0.2) is 0 Å². The molecule has 0 aromatic heterocycles. The summed E-state index contributed by atoms with van der Waals surface area (Å²) in [5.41, 5.74) is 4.18. The minimum atomic E-state index is -0.177. The largest absolute Gasteiger partial charge is 0.485 e. The fourth-order valence-electron chi connectivity index (χ4n) is 3.67. The molecule has 4 nitrogen and oxygen atoms in total. The number of hydrogen-bond donors (Lipinski definition) is 0. The van der Waals surface area contributed by atoms with Gasteiger partial charge in [-0.2, -0.15) is 0 Å². The molecule has 1 heterocycles. The van der Waals surface area contributed by atoms with E-state index < -0.39 is 0 Å². The minimum absolute atomic E-state index is 0.0901. The van der Waals surface area contributed by atoms with E-state index in [-0.39, 0.29) is 23.9 Å². The van der Waals surface area contributed by atoms with Crippen molar-refractivity contribution in [3.05, 3.63) is 126 Å². The van der Waals surface area contributed by atoms with Gasteiger partial charge in [0, 0.05) is 11.6 Å². The lowest BCUT2D eigenvalue weighted by Gasteiger charge is -2.07. The Kier molecular flexibility index (Phi) is 5.56. The van der Waals surface area contributed by atoms with Crippen LogP contribution in [0.3, 0.4) is 0 Å². The van der Waals surface area contributed by atoms with Crippen LogP contribution in [-0.2, 0) is 0 Å². The summed E-state index contributed by atoms with van der Waals surface area (Å²) >= 11 is 0. The van der Waals surface area contributed by atoms with E-state index in [0.717, 1.165) is 16.7 Å². The van der Waals surface area contributed by atoms with Gasteiger partial charge in [0.2, 0.25) is 5.78 Å². The predicted molar refractivity (Wildman–Crippen MR) is 128 cm³/mol. The second-order valence-corrected chi connectivity index (χ2v) is 7.66. The van der Waals surface area contributed by atoms with Gasteiger partial charge in [-0.1, -0.05) is 84.9 Å². The summed E-state index contributed by atoms with van der Waals surface area (Å²) in [4.78, 5) is 25.0. The molecule has 0 fully saturated rings. The zero-order valence-corrected chi connectivity index (χ0v) is 17.7. The van der Waals surface area contributed by atoms with Crippen LogP contribution in [-0.4, -0.2) is 18.2 Å². The Hall–Kier alpha value is -4.44. The normalized spacial score (nSPS) is 13.5. The van der Waals surface area contributed by atoms with Gasteiger partial charge >= 0.3 is 0 Å². The van der Waals surface area contributed by atoms with E-state index in [0.29, 0.717) is 22.6 Å². The molecule has 0 radical (unpaired) electrons. The van der Waals surface area contributed by atoms with E-state index >= 15 is 0 Å². The Morgan fingerprint density at radius 1 is 0.788 bits per heavy atom. The summed E-state index contributed by atoms with van der Waals surface area (Å²) in [7, 11) is 0. The molecular weight excluding hydrogens is 412 g/mol. The number of allylic oxidation sites excluding steroid dienone is 1. The Morgan fingerprint density at radius 2 is 1.45 bits per heavy atom. The van der Waals surface area contributed by atoms with Crippen LogP contribution in [0, 0.1) is 0 Å². The summed E-state index contributed by atoms with van der Waals surface area (Å²) in [5.74, 6) is 0.864. The second-order valence-electron chi connectivity index (χ2n) is 7.66. The van der Waals surface area contributed by atoms with Crippen LogP contribution in [0.2, 0.25) is 0 Å². The van der Waals surface area contributed by atoms with Gasteiger partial charge in [-0.3, -0.25) is 9.59 Å². The molecule has 0 bridgehead atoms. The Bertz CT molecular complexity index is 1340. The first kappa shape index (κ1) is 20.5. The van der Waals surface area contributed by atoms with Crippen LogP contribution in [0.5, 0.6) is 11.5 Å². The standard InChI is InChI=1S/C29H20O4/c30-26(23-9-5-2-6-10-23)19-32-24-15-16-25-27(18-24)33-28(29(25)31)17-20-11-13-22(14-12-20)21-7-3-1-4-8-21/h1-18H,19H2. The molecule has 4 aromatic rings. The van der Waals surface area contributed by atoms with Gasteiger partial charge in [0.25, 0.3) is 0 Å². The third-order valence-electron chi connectivity index (χ3n) is 5.42. The number of ketones is 2. The summed E-state index contributed by atoms with van der Waals surface area (Å²) in [5, 5.41) is 0. The van der Waals surface area contributed by atoms with Gasteiger partial charge < -0.3 is 9.47 Å². The Balaban J connectivity index is 1.28. The molecule has 0 amide bonds. The van der Waals surface area contributed by atoms with Crippen molar-refractivity contribution in [3.8, 4) is 22.6 Å². The highest BCUT2D eigenvalue weighted by atomic mass is 16.5. The van der Waals surface area contributed by atoms with E-state index in [1.54, 1.807) is 36.4 Å². The molecule has 0 N–H and O–H groups in total. The maximum Gasteiger partial charge on any atom is 0.231 e. The van der Waals surface area contributed by atoms with Gasteiger partial charge in [-0.15, -0.1) is 0 Å². The number of carbonyl (C=O) groups excluding carboxylic acids is 2. The highest BCUT2D eigenvalue weighted by molar-refractivity contribution is 6.14. The molecule has 0 aliphatic carbocycles. The highest BCUT2D eigenvalue weighted by Gasteiger charge is 2.27. The molecule has 4 heteroatoms. The van der Waals surface area contributed by atoms with Crippen LogP contribution in [0.15, 0.2) is 109 Å². The predicted octanol–water partition coefficient (Wildman–Crippen LogP) is 6.23. The Morgan fingerprint density at radius 3 is 2.18 bits per heavy atom. The lowest BCUT2D eigenvalue weighted by atomic mass is 10.0. The van der Waals surface area contributed by atoms with Crippen LogP contribution in [0.25, 0.3) is 17.2 Å². The van der Waals surface area contributed by atoms with Crippen molar-refractivity contribution in [2.45, 2.75) is 0 Å². The summed E-state index contributed by atoms with van der Waals surface area (Å²) in [6.45, 7) is -0.0901. The molecule has 0 saturated carbocycles. The van der Waals surface area contributed by atoms with Gasteiger partial charge in [0.15, 0.2) is 18.1 Å². The SMILES string of the molecule is O=C(COc1ccc2c(c1)OC(=Cc1ccc(-c3ccccc3)cc1)C2=O)c1ccccc1. The number of benzene rings is 4. The van der Waals surface area contributed by atoms with Crippen molar-refractivity contribution in [2.24, 2.45) is 0 Å². The third kappa shape index (κ3) is 4.46. The zero-order valence-electron chi connectivity index (χ0n) is 17.7. The van der Waals surface area contributed by atoms with Crippen molar-refractivity contribution >= 4 is 17.6 Å². The monoisotopic (exact) mass is 432 g/mol. The summed E-state index contributed by atoms with van der Waals surface area (Å²) in [6.07, 6.45) is 1.73. The summed E-state index contributed by atoms with van der Waals surface area (Å²) in [6, 6.07) is 32.0. The zero-order chi connectivity index (χ0) is 22.6. The first-order valence-corrected chi connectivity index (χ1v) is 10.6. The summed E-state index contributed by atoms with van der Waals surface area (Å²) < 4.78 is 11.4. The van der Waals surface area contributed by atoms with E-state index in [1.165, 1.54) is 0 Å². The van der Waals surface area contributed by atoms with Crippen LogP contribution >= 0.6 is 0 Å². The maximum absolute atomic E-state index is 12.8. The van der Waals surface area contributed by atoms with Gasteiger partial charge in [0.1, 0.15) is 11.5 Å². The van der Waals surface area contributed by atoms with Crippen LogP contribution < -0.4 is 9.47 Å². The quantitative estimate of drug-likeness (QED) is 0.268. The molecule has 160 valence electrons. The van der Waals surface area contributed by atoms with Crippen molar-refractivity contribution in [3.63, 3.8) is 0 Å². The fourth-order valence-corrected chi connectivity index (χ4v) is 3.67. The van der Waals surface area contributed by atoms with Gasteiger partial charge in [0.05, 0.1) is 5.56 Å². The average molecular weight is 432 g/mol. The molecule has 0 spiro atoms. The van der Waals surface area contributed by atoms with Gasteiger partial charge in [-0.05, 0) is 34.9 Å². The highest BCUT2D eigenvalue weighted by Crippen LogP contribution is 2.35. The molecule has 5 rings (SSSR count). The number of carbonyl (C=O) groups is 2. The fraction of sp³-hybridized carbons (Fsp3) is 0.0345. The first-order chi connectivity index (χ1) is 16.2. The molecule has 0 atom stereocenters. The van der Waals surface area contributed by atoms with E-state index in [1.807, 2.05) is 60.7 Å². The third-order valence-corrected chi connectivity index (χ3v) is 5.42. The number of ether oxygens (including phenoxy) is 2. The lowest BCUT2D eigenvalue weighted by Crippen LogP contribution is -2.11. The first-order valence-electron chi connectivity index (χ1n) is 10.6. The van der Waals surface area contributed by atoms with E-state index in [2.05, 4.69) is 12.1 Å². The maximum atomic E-state index is 12.8. The number of Topliss-reactive ketones (excluding diaryl/α,β-unsaturated/α-hetero) is 2. The molecule has 4 aromatic carbocycles. The molecule has 1 aliphatic heterocycles. The molecule has 0 unspecified atom stereocenters. The molecular formula is C29H20O4. The van der Waals surface area contributed by atoms with Crippen LogP contribution in [0.4, 0.5) is 0 Å². The molecule has 0 saturated heterocycles. The number of hydrogen-bond acceptors (Lipinski definition) is 4. The average Bonchev–Trinajstić information content (AvgIpc) is 3.18. The topological polar surface area (TPSA) is 52.6 Å². The van der Waals surface area contributed by atoms with Crippen molar-refractivity contribution < 1.29 is 19.1 Å². The van der Waals surface area contributed by atoms with Crippen molar-refractivity contribution in [1.82, 2.24) is 0 Å². The number of fused-ring (bicyclic) bond motifs is 1. The number of rotatable bonds is 6. The van der Waals surface area contributed by atoms with Crippen LogP contribution in [0.1, 0.15) is 26.3 Å². The molecule has 1 aliphatic rings. The van der Waals surface area contributed by atoms with Crippen molar-refractivity contribution in [2.75, 3.05) is 6.61 Å². The molecule has 33 heavy (non-hydrogen) atoms.